The van der Waals surface area contributed by atoms with Crippen molar-refractivity contribution in [1.82, 2.24) is 4.90 Å². The van der Waals surface area contributed by atoms with Gasteiger partial charge in [0.25, 0.3) is 5.91 Å². The van der Waals surface area contributed by atoms with E-state index in [-0.39, 0.29) is 12.5 Å². The minimum absolute atomic E-state index is 0.0166. The third kappa shape index (κ3) is 3.43. The van der Waals surface area contributed by atoms with E-state index in [0.717, 1.165) is 31.1 Å². The monoisotopic (exact) mass is 423 g/mol. The summed E-state index contributed by atoms with van der Waals surface area (Å²) in [7, 11) is 0. The molecule has 30 heavy (non-hydrogen) atoms. The molecule has 1 aliphatic heterocycles. The second kappa shape index (κ2) is 7.72. The van der Waals surface area contributed by atoms with E-state index >= 15 is 0 Å². The van der Waals surface area contributed by atoms with Crippen LogP contribution in [-0.2, 0) is 29.0 Å². The summed E-state index contributed by atoms with van der Waals surface area (Å²) in [6, 6.07) is 8.37. The van der Waals surface area contributed by atoms with E-state index in [2.05, 4.69) is 0 Å². The molecule has 1 atom stereocenters. The zero-order valence-corrected chi connectivity index (χ0v) is 17.2. The molecule has 2 aromatic heterocycles. The molecule has 0 spiro atoms. The van der Waals surface area contributed by atoms with Gasteiger partial charge < -0.3 is 14.1 Å². The van der Waals surface area contributed by atoms with Crippen molar-refractivity contribution >= 4 is 34.2 Å². The normalized spacial score (nSPS) is 18.0. The topological polar surface area (TPSA) is 76.8 Å². The first-order chi connectivity index (χ1) is 14.6. The number of carbonyl (C=O) groups is 2. The number of benzene rings is 1. The van der Waals surface area contributed by atoms with Crippen molar-refractivity contribution in [3.63, 3.8) is 0 Å². The second-order valence-corrected chi connectivity index (χ2v) is 8.75. The van der Waals surface area contributed by atoms with E-state index in [1.807, 2.05) is 23.6 Å². The summed E-state index contributed by atoms with van der Waals surface area (Å²) in [6.07, 6.45) is 4.44. The van der Waals surface area contributed by atoms with Crippen molar-refractivity contribution in [2.24, 2.45) is 0 Å². The molecule has 1 aromatic carbocycles. The molecule has 3 heterocycles. The van der Waals surface area contributed by atoms with Crippen LogP contribution in [0.15, 0.2) is 44.9 Å². The Bertz CT molecular complexity index is 1180. The summed E-state index contributed by atoms with van der Waals surface area (Å²) < 4.78 is 11.0. The fourth-order valence-electron chi connectivity index (χ4n) is 4.46. The van der Waals surface area contributed by atoms with E-state index in [0.29, 0.717) is 29.0 Å². The third-order valence-electron chi connectivity index (χ3n) is 5.93. The van der Waals surface area contributed by atoms with Crippen molar-refractivity contribution in [2.45, 2.75) is 44.8 Å². The molecule has 0 N–H and O–H groups in total. The average molecular weight is 423 g/mol. The summed E-state index contributed by atoms with van der Waals surface area (Å²) in [5.74, 6) is -0.564. The molecule has 3 aromatic rings. The Kier molecular flexibility index (Phi) is 4.90. The molecular weight excluding hydrogens is 402 g/mol. The minimum atomic E-state index is -0.588. The number of hydrogen-bond donors (Lipinski definition) is 0. The Morgan fingerprint density at radius 1 is 1.17 bits per heavy atom. The number of thiophene rings is 1. The van der Waals surface area contributed by atoms with Gasteiger partial charge in [0.1, 0.15) is 18.2 Å². The Labute approximate surface area is 177 Å². The maximum Gasteiger partial charge on any atom is 0.336 e. The maximum atomic E-state index is 12.8. The van der Waals surface area contributed by atoms with Crippen molar-refractivity contribution in [2.75, 3.05) is 6.54 Å². The number of hydrogen-bond acceptors (Lipinski definition) is 6. The van der Waals surface area contributed by atoms with Crippen LogP contribution in [0.1, 0.15) is 45.6 Å². The lowest BCUT2D eigenvalue weighted by Crippen LogP contribution is -2.41. The molecular formula is C23H21NO5S. The van der Waals surface area contributed by atoms with Gasteiger partial charge in [0, 0.05) is 23.6 Å². The molecule has 7 heteroatoms. The van der Waals surface area contributed by atoms with Crippen LogP contribution in [0.2, 0.25) is 0 Å². The number of aryl methyl sites for hydroxylation is 2. The highest BCUT2D eigenvalue weighted by Crippen LogP contribution is 2.29. The highest BCUT2D eigenvalue weighted by Gasteiger charge is 2.36. The summed E-state index contributed by atoms with van der Waals surface area (Å²) in [5.41, 5.74) is 3.19. The van der Waals surface area contributed by atoms with Crippen molar-refractivity contribution in [1.29, 1.82) is 0 Å². The van der Waals surface area contributed by atoms with Crippen molar-refractivity contribution in [3.05, 3.63) is 67.7 Å². The van der Waals surface area contributed by atoms with E-state index in [1.165, 1.54) is 28.5 Å². The molecule has 1 amide bonds. The summed E-state index contributed by atoms with van der Waals surface area (Å²) >= 11 is 1.37. The molecule has 5 rings (SSSR count). The Morgan fingerprint density at radius 2 is 2.00 bits per heavy atom. The summed E-state index contributed by atoms with van der Waals surface area (Å²) in [5, 5.41) is 2.65. The van der Waals surface area contributed by atoms with Crippen LogP contribution in [0.3, 0.4) is 0 Å². The highest BCUT2D eigenvalue weighted by molar-refractivity contribution is 7.12. The van der Waals surface area contributed by atoms with Crippen molar-refractivity contribution < 1.29 is 18.7 Å². The standard InChI is InChI=1S/C23H21NO5S/c25-21-12-16(17-10-14-4-1-5-15(14)11-19(17)29-21)13-28-23(27)18-6-2-8-24(18)22(26)20-7-3-9-30-20/h3,7,9-12,18H,1-2,4-6,8,13H2/t18-/m0/s1. The van der Waals surface area contributed by atoms with Gasteiger partial charge in [0.2, 0.25) is 0 Å². The number of esters is 1. The Balaban J connectivity index is 1.36. The van der Waals surface area contributed by atoms with E-state index in [4.69, 9.17) is 9.15 Å². The van der Waals surface area contributed by atoms with Gasteiger partial charge >= 0.3 is 11.6 Å². The van der Waals surface area contributed by atoms with Crippen LogP contribution in [0.25, 0.3) is 11.0 Å². The molecule has 1 fully saturated rings. The lowest BCUT2D eigenvalue weighted by molar-refractivity contribution is -0.149. The fraction of sp³-hybridized carbons (Fsp3) is 0.348. The van der Waals surface area contributed by atoms with Gasteiger partial charge in [0.15, 0.2) is 0 Å². The van der Waals surface area contributed by atoms with E-state index in [1.54, 1.807) is 11.0 Å². The summed E-state index contributed by atoms with van der Waals surface area (Å²) in [4.78, 5) is 39.7. The molecule has 154 valence electrons. The quantitative estimate of drug-likeness (QED) is 0.473. The first-order valence-electron chi connectivity index (χ1n) is 10.2. The second-order valence-electron chi connectivity index (χ2n) is 7.80. The van der Waals surface area contributed by atoms with Gasteiger partial charge in [-0.2, -0.15) is 0 Å². The number of ether oxygens (including phenoxy) is 1. The number of fused-ring (bicyclic) bond motifs is 2. The maximum absolute atomic E-state index is 12.8. The predicted molar refractivity (Wildman–Crippen MR) is 113 cm³/mol. The molecule has 0 radical (unpaired) electrons. The van der Waals surface area contributed by atoms with Gasteiger partial charge in [-0.05, 0) is 66.8 Å². The van der Waals surface area contributed by atoms with Crippen LogP contribution in [0.4, 0.5) is 0 Å². The lowest BCUT2D eigenvalue weighted by atomic mass is 10.0. The summed E-state index contributed by atoms with van der Waals surface area (Å²) in [6.45, 7) is 0.526. The van der Waals surface area contributed by atoms with Crippen LogP contribution < -0.4 is 5.63 Å². The van der Waals surface area contributed by atoms with E-state index in [9.17, 15) is 14.4 Å². The zero-order chi connectivity index (χ0) is 20.7. The van der Waals surface area contributed by atoms with Gasteiger partial charge in [-0.3, -0.25) is 4.79 Å². The zero-order valence-electron chi connectivity index (χ0n) is 16.4. The highest BCUT2D eigenvalue weighted by atomic mass is 32.1. The third-order valence-corrected chi connectivity index (χ3v) is 6.79. The molecule has 0 bridgehead atoms. The number of amides is 1. The predicted octanol–water partition coefficient (Wildman–Crippen LogP) is 3.69. The Morgan fingerprint density at radius 3 is 2.80 bits per heavy atom. The van der Waals surface area contributed by atoms with Crippen LogP contribution in [0, 0.1) is 0 Å². The first kappa shape index (κ1) is 19.1. The van der Waals surface area contributed by atoms with Crippen LogP contribution >= 0.6 is 11.3 Å². The van der Waals surface area contributed by atoms with E-state index < -0.39 is 17.6 Å². The number of nitrogens with zero attached hydrogens (tertiary/aromatic N) is 1. The van der Waals surface area contributed by atoms with Gasteiger partial charge in [0.05, 0.1) is 4.88 Å². The van der Waals surface area contributed by atoms with Gasteiger partial charge in [-0.1, -0.05) is 6.07 Å². The van der Waals surface area contributed by atoms with Crippen molar-refractivity contribution in [3.8, 4) is 0 Å². The molecule has 0 unspecified atom stereocenters. The molecule has 6 nitrogen and oxygen atoms in total. The molecule has 1 aliphatic carbocycles. The van der Waals surface area contributed by atoms with Gasteiger partial charge in [-0.15, -0.1) is 11.3 Å². The minimum Gasteiger partial charge on any atom is -0.459 e. The molecule has 2 aliphatic rings. The number of carbonyl (C=O) groups excluding carboxylic acids is 2. The largest absolute Gasteiger partial charge is 0.459 e. The lowest BCUT2D eigenvalue weighted by Gasteiger charge is -2.22. The molecule has 0 saturated carbocycles. The number of rotatable bonds is 4. The molecule has 1 saturated heterocycles. The van der Waals surface area contributed by atoms with Crippen LogP contribution in [0.5, 0.6) is 0 Å². The first-order valence-corrected chi connectivity index (χ1v) is 11.1. The smallest absolute Gasteiger partial charge is 0.336 e. The fourth-order valence-corrected chi connectivity index (χ4v) is 5.13. The SMILES string of the molecule is O=C(OCc1cc(=O)oc2cc3c(cc12)CCC3)[C@@H]1CCCN1C(=O)c1cccs1. The average Bonchev–Trinajstić information content (AvgIpc) is 3.50. The number of likely N-dealkylation sites (tertiary alicyclic amines) is 1. The van der Waals surface area contributed by atoms with Crippen LogP contribution in [-0.4, -0.2) is 29.4 Å². The van der Waals surface area contributed by atoms with Gasteiger partial charge in [-0.25, -0.2) is 9.59 Å². The Hall–Kier alpha value is -2.93.